The van der Waals surface area contributed by atoms with Gasteiger partial charge < -0.3 is 10.4 Å². The lowest BCUT2D eigenvalue weighted by Crippen LogP contribution is -2.43. The molecule has 1 saturated carbocycles. The van der Waals surface area contributed by atoms with Gasteiger partial charge in [0.1, 0.15) is 11.6 Å². The SMILES string of the molecule is O=C(O)C1CCC(C(=O)NC(c2c(F)cccc2F)C(F)(F)F)CC1. The molecule has 9 heteroatoms. The van der Waals surface area contributed by atoms with Crippen LogP contribution < -0.4 is 5.32 Å². The number of nitrogens with one attached hydrogen (secondary N) is 1. The Morgan fingerprint density at radius 1 is 1.04 bits per heavy atom. The number of halogens is 5. The number of carboxylic acid groups (broad SMARTS) is 1. The Bertz CT molecular complexity index is 633. The summed E-state index contributed by atoms with van der Waals surface area (Å²) in [7, 11) is 0. The number of carbonyl (C=O) groups excluding carboxylic acids is 1. The van der Waals surface area contributed by atoms with E-state index in [0.717, 1.165) is 6.07 Å². The molecule has 1 aromatic carbocycles. The summed E-state index contributed by atoms with van der Waals surface area (Å²) in [6, 6.07) is -0.516. The second kappa shape index (κ2) is 7.37. The first-order valence-electron chi connectivity index (χ1n) is 7.65. The van der Waals surface area contributed by atoms with Crippen LogP contribution in [0.5, 0.6) is 0 Å². The zero-order valence-electron chi connectivity index (χ0n) is 12.9. The highest BCUT2D eigenvalue weighted by molar-refractivity contribution is 5.80. The largest absolute Gasteiger partial charge is 0.481 e. The molecule has 4 nitrogen and oxygen atoms in total. The highest BCUT2D eigenvalue weighted by Crippen LogP contribution is 2.36. The smallest absolute Gasteiger partial charge is 0.413 e. The predicted octanol–water partition coefficient (Wildman–Crippen LogP) is 3.58. The van der Waals surface area contributed by atoms with Crippen LogP contribution >= 0.6 is 0 Å². The Morgan fingerprint density at radius 2 is 1.52 bits per heavy atom. The third kappa shape index (κ3) is 4.46. The number of rotatable bonds is 4. The molecule has 1 unspecified atom stereocenters. The number of benzene rings is 1. The summed E-state index contributed by atoms with van der Waals surface area (Å²) in [4.78, 5) is 23.0. The molecule has 2 N–H and O–H groups in total. The third-order valence-electron chi connectivity index (χ3n) is 4.35. The normalized spacial score (nSPS) is 22.3. The topological polar surface area (TPSA) is 66.4 Å². The van der Waals surface area contributed by atoms with Gasteiger partial charge in [0.2, 0.25) is 5.91 Å². The van der Waals surface area contributed by atoms with Gasteiger partial charge in [0.25, 0.3) is 0 Å². The number of carbonyl (C=O) groups is 2. The summed E-state index contributed by atoms with van der Waals surface area (Å²) >= 11 is 0. The molecule has 0 radical (unpaired) electrons. The van der Waals surface area contributed by atoms with E-state index in [4.69, 9.17) is 5.11 Å². The highest BCUT2D eigenvalue weighted by atomic mass is 19.4. The van der Waals surface area contributed by atoms with Crippen molar-refractivity contribution in [3.63, 3.8) is 0 Å². The molecule has 0 spiro atoms. The van der Waals surface area contributed by atoms with Crippen molar-refractivity contribution in [2.24, 2.45) is 11.8 Å². The number of alkyl halides is 3. The van der Waals surface area contributed by atoms with Crippen LogP contribution in [0.4, 0.5) is 22.0 Å². The van der Waals surface area contributed by atoms with Gasteiger partial charge in [-0.1, -0.05) is 6.07 Å². The fraction of sp³-hybridized carbons (Fsp3) is 0.500. The first-order valence-corrected chi connectivity index (χ1v) is 7.65. The number of carboxylic acids is 1. The zero-order valence-corrected chi connectivity index (χ0v) is 12.9. The van der Waals surface area contributed by atoms with Gasteiger partial charge in [-0.2, -0.15) is 13.2 Å². The molecule has 0 heterocycles. The lowest BCUT2D eigenvalue weighted by molar-refractivity contribution is -0.166. The minimum Gasteiger partial charge on any atom is -0.481 e. The first kappa shape index (κ1) is 19.1. The van der Waals surface area contributed by atoms with Gasteiger partial charge in [-0.3, -0.25) is 9.59 Å². The molecule has 1 atom stereocenters. The van der Waals surface area contributed by atoms with E-state index >= 15 is 0 Å². The Balaban J connectivity index is 2.16. The average molecular weight is 365 g/mol. The molecule has 2 rings (SSSR count). The molecular formula is C16H16F5NO3. The molecule has 0 aliphatic heterocycles. The minimum atomic E-state index is -5.09. The standard InChI is InChI=1S/C16H16F5NO3/c17-10-2-1-3-11(18)12(10)13(16(19,20)21)22-14(23)8-4-6-9(7-5-8)15(24)25/h1-3,8-9,13H,4-7H2,(H,22,23)(H,24,25). The fourth-order valence-electron chi connectivity index (χ4n) is 2.97. The molecule has 0 aromatic heterocycles. The van der Waals surface area contributed by atoms with Crippen molar-refractivity contribution in [2.75, 3.05) is 0 Å². The summed E-state index contributed by atoms with van der Waals surface area (Å²) in [5, 5.41) is 10.6. The van der Waals surface area contributed by atoms with Crippen molar-refractivity contribution in [1.82, 2.24) is 5.32 Å². The third-order valence-corrected chi connectivity index (χ3v) is 4.35. The molecule has 138 valence electrons. The average Bonchev–Trinajstić information content (AvgIpc) is 2.52. The van der Waals surface area contributed by atoms with Crippen molar-refractivity contribution in [2.45, 2.75) is 37.9 Å². The Morgan fingerprint density at radius 3 is 1.96 bits per heavy atom. The van der Waals surface area contributed by atoms with E-state index in [1.54, 1.807) is 5.32 Å². The first-order chi connectivity index (χ1) is 11.6. The van der Waals surface area contributed by atoms with E-state index in [2.05, 4.69) is 0 Å². The van der Waals surface area contributed by atoms with Crippen LogP contribution in [0.1, 0.15) is 37.3 Å². The second-order valence-corrected chi connectivity index (χ2v) is 6.01. The molecule has 0 bridgehead atoms. The quantitative estimate of drug-likeness (QED) is 0.802. The maximum atomic E-state index is 13.7. The van der Waals surface area contributed by atoms with Gasteiger partial charge in [0.05, 0.1) is 11.5 Å². The van der Waals surface area contributed by atoms with Gasteiger partial charge in [-0.25, -0.2) is 8.78 Å². The minimum absolute atomic E-state index is 0.104. The zero-order chi connectivity index (χ0) is 18.8. The van der Waals surface area contributed by atoms with Gasteiger partial charge in [-0.15, -0.1) is 0 Å². The van der Waals surface area contributed by atoms with Crippen LogP contribution in [0.15, 0.2) is 18.2 Å². The van der Waals surface area contributed by atoms with Crippen LogP contribution in [0, 0.1) is 23.5 Å². The molecule has 0 saturated heterocycles. The molecule has 1 fully saturated rings. The van der Waals surface area contributed by atoms with E-state index < -0.39 is 53.1 Å². The molecule has 1 amide bonds. The van der Waals surface area contributed by atoms with Crippen molar-refractivity contribution in [3.05, 3.63) is 35.4 Å². The van der Waals surface area contributed by atoms with Crippen LogP contribution in [-0.4, -0.2) is 23.2 Å². The van der Waals surface area contributed by atoms with Gasteiger partial charge in [-0.05, 0) is 37.8 Å². The van der Waals surface area contributed by atoms with E-state index in [0.29, 0.717) is 12.1 Å². The predicted molar refractivity (Wildman–Crippen MR) is 76.4 cm³/mol. The van der Waals surface area contributed by atoms with Crippen LogP contribution in [-0.2, 0) is 9.59 Å². The summed E-state index contributed by atoms with van der Waals surface area (Å²) in [5.41, 5.74) is -1.26. The number of hydrogen-bond acceptors (Lipinski definition) is 2. The fourth-order valence-corrected chi connectivity index (χ4v) is 2.97. The number of aliphatic carboxylic acids is 1. The van der Waals surface area contributed by atoms with Crippen molar-refractivity contribution in [3.8, 4) is 0 Å². The van der Waals surface area contributed by atoms with E-state index in [9.17, 15) is 31.5 Å². The van der Waals surface area contributed by atoms with Crippen LogP contribution in [0.25, 0.3) is 0 Å². The van der Waals surface area contributed by atoms with Gasteiger partial charge >= 0.3 is 12.1 Å². The Labute approximate surface area is 140 Å². The molecular weight excluding hydrogens is 349 g/mol. The lowest BCUT2D eigenvalue weighted by Gasteiger charge is -2.28. The maximum absolute atomic E-state index is 13.7. The molecule has 1 aliphatic rings. The number of amides is 1. The highest BCUT2D eigenvalue weighted by Gasteiger charge is 2.45. The Kier molecular flexibility index (Phi) is 5.64. The summed E-state index contributed by atoms with van der Waals surface area (Å²) in [6.45, 7) is 0. The maximum Gasteiger partial charge on any atom is 0.413 e. The van der Waals surface area contributed by atoms with Crippen molar-refractivity contribution < 1.29 is 36.6 Å². The molecule has 1 aliphatic carbocycles. The van der Waals surface area contributed by atoms with E-state index in [1.165, 1.54) is 0 Å². The summed E-state index contributed by atoms with van der Waals surface area (Å²) in [5.74, 6) is -6.27. The molecule has 1 aromatic rings. The van der Waals surface area contributed by atoms with Crippen LogP contribution in [0.3, 0.4) is 0 Å². The van der Waals surface area contributed by atoms with Crippen molar-refractivity contribution in [1.29, 1.82) is 0 Å². The monoisotopic (exact) mass is 365 g/mol. The Hall–Kier alpha value is -2.19. The van der Waals surface area contributed by atoms with Gasteiger partial charge in [0, 0.05) is 5.92 Å². The van der Waals surface area contributed by atoms with E-state index in [-0.39, 0.29) is 25.7 Å². The summed E-state index contributed by atoms with van der Waals surface area (Å²) in [6.07, 6.45) is -4.55. The van der Waals surface area contributed by atoms with E-state index in [1.807, 2.05) is 0 Å². The van der Waals surface area contributed by atoms with Gasteiger partial charge in [0.15, 0.2) is 6.04 Å². The molecule has 25 heavy (non-hydrogen) atoms. The van der Waals surface area contributed by atoms with Crippen LogP contribution in [0.2, 0.25) is 0 Å². The summed E-state index contributed by atoms with van der Waals surface area (Å²) < 4.78 is 67.1. The number of hydrogen-bond donors (Lipinski definition) is 2. The van der Waals surface area contributed by atoms with Crippen molar-refractivity contribution >= 4 is 11.9 Å². The lowest BCUT2D eigenvalue weighted by atomic mass is 9.81. The second-order valence-electron chi connectivity index (χ2n) is 6.01.